The molecule has 0 spiro atoms. The van der Waals surface area contributed by atoms with Gasteiger partial charge in [0.25, 0.3) is 0 Å². The molecule has 1 saturated heterocycles. The number of unbranched alkanes of at least 4 members (excludes halogenated alkanes) is 1. The molecule has 40 heavy (non-hydrogen) atoms. The fourth-order valence-corrected chi connectivity index (χ4v) is 4.58. The number of carbonyl (C=O) groups is 1. The zero-order valence-corrected chi connectivity index (χ0v) is 24.3. The Kier molecular flexibility index (Phi) is 11.1. The van der Waals surface area contributed by atoms with E-state index < -0.39 is 0 Å². The minimum atomic E-state index is -0.293. The van der Waals surface area contributed by atoms with Crippen molar-refractivity contribution < 1.29 is 23.7 Å². The summed E-state index contributed by atoms with van der Waals surface area (Å²) in [4.78, 5) is 19.1. The second-order valence-corrected chi connectivity index (χ2v) is 10.6. The summed E-state index contributed by atoms with van der Waals surface area (Å²) < 4.78 is 23.3. The fourth-order valence-electron chi connectivity index (χ4n) is 4.36. The van der Waals surface area contributed by atoms with Crippen LogP contribution in [0.3, 0.4) is 0 Å². The number of rotatable bonds is 13. The highest BCUT2D eigenvalue weighted by Crippen LogP contribution is 2.38. The molecule has 0 bridgehead atoms. The number of nitrogens with one attached hydrogen (secondary N) is 2. The van der Waals surface area contributed by atoms with E-state index >= 15 is 0 Å². The van der Waals surface area contributed by atoms with E-state index in [9.17, 15) is 4.79 Å². The van der Waals surface area contributed by atoms with Gasteiger partial charge in [-0.3, -0.25) is 9.88 Å². The molecule has 3 aromatic rings. The molecule has 2 amide bonds. The van der Waals surface area contributed by atoms with Gasteiger partial charge in [-0.05, 0) is 56.0 Å². The van der Waals surface area contributed by atoms with Crippen LogP contribution >= 0.6 is 11.6 Å². The van der Waals surface area contributed by atoms with E-state index in [0.29, 0.717) is 52.8 Å². The van der Waals surface area contributed by atoms with E-state index in [2.05, 4.69) is 34.4 Å². The number of benzene rings is 2. The van der Waals surface area contributed by atoms with Crippen LogP contribution in [0.2, 0.25) is 5.02 Å². The standard InChI is InChI=1S/C30H39ClN4O5/c1-21(2)8-10-33-30(36)34-25-7-6-22(18-24(25)31)40-27-9-11-32-26-20-29(28(37-3)19-23(26)27)39-15-5-4-12-35-13-16-38-17-14-35/h6-7,9,11,18-21H,4-5,8,10,12-17H2,1-3H3,(H2,33,34,36). The van der Waals surface area contributed by atoms with Crippen LogP contribution < -0.4 is 24.8 Å². The Morgan fingerprint density at radius 1 is 1.10 bits per heavy atom. The van der Waals surface area contributed by atoms with Gasteiger partial charge >= 0.3 is 6.03 Å². The highest BCUT2D eigenvalue weighted by atomic mass is 35.5. The van der Waals surface area contributed by atoms with E-state index in [4.69, 9.17) is 30.5 Å². The first-order valence-corrected chi connectivity index (χ1v) is 14.2. The zero-order valence-electron chi connectivity index (χ0n) is 23.5. The molecule has 2 N–H and O–H groups in total. The Balaban J connectivity index is 1.37. The quantitative estimate of drug-likeness (QED) is 0.231. The average Bonchev–Trinajstić information content (AvgIpc) is 2.94. The third-order valence-electron chi connectivity index (χ3n) is 6.64. The number of morpholine rings is 1. The smallest absolute Gasteiger partial charge is 0.319 e. The van der Waals surface area contributed by atoms with E-state index in [1.165, 1.54) is 0 Å². The lowest BCUT2D eigenvalue weighted by Gasteiger charge is -2.26. The van der Waals surface area contributed by atoms with Crippen LogP contribution in [0.1, 0.15) is 33.1 Å². The normalized spacial score (nSPS) is 13.8. The van der Waals surface area contributed by atoms with Gasteiger partial charge in [0.05, 0.1) is 43.2 Å². The number of methoxy groups -OCH3 is 1. The highest BCUT2D eigenvalue weighted by molar-refractivity contribution is 6.33. The average molecular weight is 571 g/mol. The lowest BCUT2D eigenvalue weighted by atomic mass is 10.1. The number of hydrogen-bond donors (Lipinski definition) is 2. The summed E-state index contributed by atoms with van der Waals surface area (Å²) >= 11 is 6.45. The first-order chi connectivity index (χ1) is 19.4. The van der Waals surface area contributed by atoms with E-state index in [-0.39, 0.29) is 6.03 Å². The number of aromatic nitrogens is 1. The Morgan fingerprint density at radius 3 is 2.67 bits per heavy atom. The maximum Gasteiger partial charge on any atom is 0.319 e. The molecule has 1 aliphatic rings. The van der Waals surface area contributed by atoms with Crippen molar-refractivity contribution in [1.29, 1.82) is 0 Å². The summed E-state index contributed by atoms with van der Waals surface area (Å²) in [6, 6.07) is 10.4. The number of amides is 2. The van der Waals surface area contributed by atoms with Gasteiger partial charge in [0.15, 0.2) is 11.5 Å². The predicted octanol–water partition coefficient (Wildman–Crippen LogP) is 6.35. The molecule has 0 radical (unpaired) electrons. The lowest BCUT2D eigenvalue weighted by Crippen LogP contribution is -2.36. The van der Waals surface area contributed by atoms with Crippen LogP contribution in [-0.2, 0) is 4.74 Å². The van der Waals surface area contributed by atoms with Gasteiger partial charge in [-0.2, -0.15) is 0 Å². The molecule has 0 atom stereocenters. The molecule has 4 rings (SSSR count). The van der Waals surface area contributed by atoms with Crippen molar-refractivity contribution in [1.82, 2.24) is 15.2 Å². The molecule has 1 aromatic heterocycles. The number of urea groups is 1. The topological polar surface area (TPSA) is 94.2 Å². The number of pyridine rings is 1. The van der Waals surface area contributed by atoms with Crippen LogP contribution in [0.4, 0.5) is 10.5 Å². The fraction of sp³-hybridized carbons (Fsp3) is 0.467. The van der Waals surface area contributed by atoms with E-state index in [1.54, 1.807) is 37.6 Å². The maximum atomic E-state index is 12.2. The van der Waals surface area contributed by atoms with Gasteiger partial charge < -0.3 is 29.6 Å². The van der Waals surface area contributed by atoms with Gasteiger partial charge in [-0.1, -0.05) is 25.4 Å². The first-order valence-electron chi connectivity index (χ1n) is 13.8. The van der Waals surface area contributed by atoms with Crippen molar-refractivity contribution in [3.63, 3.8) is 0 Å². The summed E-state index contributed by atoms with van der Waals surface area (Å²) in [5.74, 6) is 2.90. The van der Waals surface area contributed by atoms with Gasteiger partial charge in [-0.25, -0.2) is 4.79 Å². The molecule has 10 heteroatoms. The summed E-state index contributed by atoms with van der Waals surface area (Å²) in [5.41, 5.74) is 1.23. The number of nitrogens with zero attached hydrogens (tertiary/aromatic N) is 2. The second kappa shape index (κ2) is 14.9. The molecule has 1 fully saturated rings. The molecule has 0 saturated carbocycles. The Morgan fingerprint density at radius 2 is 1.93 bits per heavy atom. The number of hydrogen-bond acceptors (Lipinski definition) is 7. The largest absolute Gasteiger partial charge is 0.493 e. The Labute approximate surface area is 241 Å². The Hall–Kier alpha value is -3.27. The maximum absolute atomic E-state index is 12.2. The number of anilines is 1. The van der Waals surface area contributed by atoms with Crippen LogP contribution in [0, 0.1) is 5.92 Å². The van der Waals surface area contributed by atoms with Crippen LogP contribution in [0.25, 0.3) is 10.9 Å². The molecule has 0 aliphatic carbocycles. The van der Waals surface area contributed by atoms with Crippen molar-refractivity contribution in [3.05, 3.63) is 47.6 Å². The van der Waals surface area contributed by atoms with Crippen molar-refractivity contribution >= 4 is 34.2 Å². The van der Waals surface area contributed by atoms with Crippen molar-refractivity contribution in [2.24, 2.45) is 5.92 Å². The molecular weight excluding hydrogens is 532 g/mol. The van der Waals surface area contributed by atoms with E-state index in [0.717, 1.165) is 63.0 Å². The second-order valence-electron chi connectivity index (χ2n) is 10.1. The highest BCUT2D eigenvalue weighted by Gasteiger charge is 2.14. The Bertz CT molecular complexity index is 1270. The SMILES string of the molecule is COc1cc2c(Oc3ccc(NC(=O)NCCC(C)C)c(Cl)c3)ccnc2cc1OCCCCN1CCOCC1. The third-order valence-corrected chi connectivity index (χ3v) is 6.95. The van der Waals surface area contributed by atoms with Crippen molar-refractivity contribution in [2.45, 2.75) is 33.1 Å². The van der Waals surface area contributed by atoms with Gasteiger partial charge in [0.1, 0.15) is 11.5 Å². The van der Waals surface area contributed by atoms with Crippen LogP contribution in [0.15, 0.2) is 42.6 Å². The molecule has 1 aliphatic heterocycles. The summed E-state index contributed by atoms with van der Waals surface area (Å²) in [6.07, 6.45) is 4.60. The predicted molar refractivity (Wildman–Crippen MR) is 158 cm³/mol. The minimum absolute atomic E-state index is 0.293. The van der Waals surface area contributed by atoms with Gasteiger partial charge in [-0.15, -0.1) is 0 Å². The molecular formula is C30H39ClN4O5. The number of halogens is 1. The summed E-state index contributed by atoms with van der Waals surface area (Å²) in [6.45, 7) is 10.1. The zero-order chi connectivity index (χ0) is 28.3. The minimum Gasteiger partial charge on any atom is -0.493 e. The monoisotopic (exact) mass is 570 g/mol. The summed E-state index contributed by atoms with van der Waals surface area (Å²) in [5, 5.41) is 6.77. The van der Waals surface area contributed by atoms with Crippen molar-refractivity contribution in [3.8, 4) is 23.0 Å². The third kappa shape index (κ3) is 8.61. The lowest BCUT2D eigenvalue weighted by molar-refractivity contribution is 0.0368. The first kappa shape index (κ1) is 29.7. The van der Waals surface area contributed by atoms with E-state index in [1.807, 2.05) is 12.1 Å². The molecule has 9 nitrogen and oxygen atoms in total. The van der Waals surface area contributed by atoms with Gasteiger partial charge in [0.2, 0.25) is 0 Å². The molecule has 2 heterocycles. The van der Waals surface area contributed by atoms with Crippen LogP contribution in [-0.4, -0.2) is 69.0 Å². The number of ether oxygens (including phenoxy) is 4. The van der Waals surface area contributed by atoms with Crippen LogP contribution in [0.5, 0.6) is 23.0 Å². The van der Waals surface area contributed by atoms with Gasteiger partial charge in [0, 0.05) is 43.4 Å². The van der Waals surface area contributed by atoms with Crippen molar-refractivity contribution in [2.75, 3.05) is 58.4 Å². The summed E-state index contributed by atoms with van der Waals surface area (Å²) in [7, 11) is 1.62. The molecule has 2 aromatic carbocycles. The molecule has 216 valence electrons. The number of fused-ring (bicyclic) bond motifs is 1. The molecule has 0 unspecified atom stereocenters. The number of carbonyl (C=O) groups excluding carboxylic acids is 1.